The van der Waals surface area contributed by atoms with Gasteiger partial charge in [0.1, 0.15) is 5.69 Å². The molecule has 2 heterocycles. The number of carbonyl (C=O) groups is 2. The van der Waals surface area contributed by atoms with Crippen LogP contribution in [0.4, 0.5) is 17.1 Å². The second kappa shape index (κ2) is 9.02. The molecule has 0 bridgehead atoms. The van der Waals surface area contributed by atoms with Crippen LogP contribution in [0.1, 0.15) is 35.8 Å². The van der Waals surface area contributed by atoms with Crippen molar-refractivity contribution in [3.8, 4) is 0 Å². The lowest BCUT2D eigenvalue weighted by atomic mass is 10.0. The van der Waals surface area contributed by atoms with Gasteiger partial charge in [0.2, 0.25) is 5.91 Å². The summed E-state index contributed by atoms with van der Waals surface area (Å²) in [5.74, 6) is -0.516. The maximum Gasteiger partial charge on any atom is 0.258 e. The van der Waals surface area contributed by atoms with Gasteiger partial charge < -0.3 is 20.1 Å². The molecule has 0 spiro atoms. The van der Waals surface area contributed by atoms with Crippen molar-refractivity contribution in [3.05, 3.63) is 84.1 Å². The van der Waals surface area contributed by atoms with Crippen LogP contribution in [0.2, 0.25) is 0 Å². The first-order chi connectivity index (χ1) is 16.6. The number of benzene rings is 3. The molecule has 1 unspecified atom stereocenters. The summed E-state index contributed by atoms with van der Waals surface area (Å²) < 4.78 is 5.48. The average molecular weight is 455 g/mol. The molecule has 2 amide bonds. The number of nitrogen functional groups attached to an aromatic ring is 1. The van der Waals surface area contributed by atoms with Gasteiger partial charge in [-0.15, -0.1) is 0 Å². The van der Waals surface area contributed by atoms with E-state index in [4.69, 9.17) is 10.3 Å². The summed E-state index contributed by atoms with van der Waals surface area (Å²) in [7, 11) is 0. The van der Waals surface area contributed by atoms with Crippen molar-refractivity contribution < 1.29 is 14.1 Å². The first-order valence-corrected chi connectivity index (χ1v) is 11.5. The van der Waals surface area contributed by atoms with Crippen LogP contribution >= 0.6 is 0 Å². The van der Waals surface area contributed by atoms with Crippen LogP contribution in [-0.4, -0.2) is 23.5 Å². The fraction of sp³-hybridized carbons (Fsp3) is 0.222. The Kier molecular flexibility index (Phi) is 5.76. The molecule has 1 aliphatic rings. The summed E-state index contributed by atoms with van der Waals surface area (Å²) >= 11 is 0. The van der Waals surface area contributed by atoms with Crippen molar-refractivity contribution in [3.63, 3.8) is 0 Å². The van der Waals surface area contributed by atoms with E-state index >= 15 is 0 Å². The van der Waals surface area contributed by atoms with E-state index in [1.165, 1.54) is 0 Å². The third-order valence-corrected chi connectivity index (χ3v) is 6.28. The van der Waals surface area contributed by atoms with E-state index in [1.54, 1.807) is 34.1 Å². The van der Waals surface area contributed by atoms with E-state index < -0.39 is 0 Å². The van der Waals surface area contributed by atoms with Gasteiger partial charge in [-0.05, 0) is 55.0 Å². The van der Waals surface area contributed by atoms with Gasteiger partial charge in [0.15, 0.2) is 5.58 Å². The molecule has 1 aliphatic heterocycles. The lowest BCUT2D eigenvalue weighted by Gasteiger charge is -2.25. The number of carbonyl (C=O) groups excluding carboxylic acids is 2. The van der Waals surface area contributed by atoms with E-state index in [1.807, 2.05) is 55.5 Å². The van der Waals surface area contributed by atoms with Crippen molar-refractivity contribution in [2.75, 3.05) is 22.1 Å². The number of nitrogens with two attached hydrogens (primary N) is 1. The summed E-state index contributed by atoms with van der Waals surface area (Å²) in [5, 5.41) is 5.12. The van der Waals surface area contributed by atoms with Crippen LogP contribution in [0.3, 0.4) is 0 Å². The largest absolute Gasteiger partial charge is 0.399 e. The molecule has 7 nitrogen and oxygen atoms in total. The second-order valence-electron chi connectivity index (χ2n) is 8.56. The Labute approximate surface area is 197 Å². The molecule has 1 atom stereocenters. The molecule has 0 fully saturated rings. The topological polar surface area (TPSA) is 92.7 Å². The highest BCUT2D eigenvalue weighted by Gasteiger charge is 2.36. The minimum absolute atomic E-state index is 0.0195. The third kappa shape index (κ3) is 3.90. The summed E-state index contributed by atoms with van der Waals surface area (Å²) in [6.45, 7) is 2.62. The number of amides is 2. The predicted molar refractivity (Wildman–Crippen MR) is 133 cm³/mol. The van der Waals surface area contributed by atoms with Crippen LogP contribution in [0.5, 0.6) is 0 Å². The second-order valence-corrected chi connectivity index (χ2v) is 8.56. The zero-order chi connectivity index (χ0) is 23.7. The fourth-order valence-corrected chi connectivity index (χ4v) is 4.56. The van der Waals surface area contributed by atoms with Gasteiger partial charge in [-0.2, -0.15) is 0 Å². The molecule has 0 saturated heterocycles. The highest BCUT2D eigenvalue weighted by Crippen LogP contribution is 2.37. The van der Waals surface area contributed by atoms with Gasteiger partial charge in [-0.3, -0.25) is 9.59 Å². The molecular weight excluding hydrogens is 428 g/mol. The molecule has 3 aromatic carbocycles. The standard InChI is InChI=1S/C27H26N4O3/c1-2-7-19-16-30(26(32)18-12-14-20(28)15-13-18)23-9-4-5-10-24(23)31(27(19)33)17-22-21-8-3-6-11-25(21)34-29-22/h3-6,8-15,19H,2,7,16-17,28H2,1H3. The Bertz CT molecular complexity index is 1350. The predicted octanol–water partition coefficient (Wildman–Crippen LogP) is 5.02. The van der Waals surface area contributed by atoms with Crippen LogP contribution < -0.4 is 15.5 Å². The molecule has 5 rings (SSSR count). The number of para-hydroxylation sites is 3. The number of fused-ring (bicyclic) bond motifs is 2. The SMILES string of the molecule is CCCC1CN(C(=O)c2ccc(N)cc2)c2ccccc2N(Cc2noc3ccccc23)C1=O. The van der Waals surface area contributed by atoms with E-state index in [-0.39, 0.29) is 24.3 Å². The van der Waals surface area contributed by atoms with Crippen LogP contribution in [0.25, 0.3) is 11.0 Å². The van der Waals surface area contributed by atoms with Crippen LogP contribution in [0.15, 0.2) is 77.3 Å². The summed E-state index contributed by atoms with van der Waals surface area (Å²) in [6, 6.07) is 22.0. The number of hydrogen-bond donors (Lipinski definition) is 1. The van der Waals surface area contributed by atoms with Gasteiger partial charge in [0.25, 0.3) is 5.91 Å². The quantitative estimate of drug-likeness (QED) is 0.428. The summed E-state index contributed by atoms with van der Waals surface area (Å²) in [6.07, 6.45) is 1.51. The first kappa shape index (κ1) is 21.7. The zero-order valence-corrected chi connectivity index (χ0v) is 19.0. The van der Waals surface area contributed by atoms with Gasteiger partial charge in [-0.25, -0.2) is 0 Å². The third-order valence-electron chi connectivity index (χ3n) is 6.28. The maximum absolute atomic E-state index is 13.8. The number of anilines is 3. The van der Waals surface area contributed by atoms with Crippen molar-refractivity contribution in [1.82, 2.24) is 5.16 Å². The minimum Gasteiger partial charge on any atom is -0.399 e. The molecule has 34 heavy (non-hydrogen) atoms. The molecule has 172 valence electrons. The van der Waals surface area contributed by atoms with Gasteiger partial charge >= 0.3 is 0 Å². The Morgan fingerprint density at radius 3 is 2.50 bits per heavy atom. The zero-order valence-electron chi connectivity index (χ0n) is 19.0. The molecule has 2 N–H and O–H groups in total. The highest BCUT2D eigenvalue weighted by atomic mass is 16.5. The highest BCUT2D eigenvalue weighted by molar-refractivity contribution is 6.11. The molecule has 0 saturated carbocycles. The van der Waals surface area contributed by atoms with Crippen molar-refractivity contribution >= 4 is 39.8 Å². The molecule has 1 aromatic heterocycles. The van der Waals surface area contributed by atoms with E-state index in [0.29, 0.717) is 46.9 Å². The fourth-order valence-electron chi connectivity index (χ4n) is 4.56. The Hall–Kier alpha value is -4.13. The monoisotopic (exact) mass is 454 g/mol. The van der Waals surface area contributed by atoms with Gasteiger partial charge in [-0.1, -0.05) is 42.8 Å². The first-order valence-electron chi connectivity index (χ1n) is 11.5. The normalized spacial score (nSPS) is 15.9. The lowest BCUT2D eigenvalue weighted by Crippen LogP contribution is -2.39. The minimum atomic E-state index is -0.340. The molecule has 4 aromatic rings. The van der Waals surface area contributed by atoms with E-state index in [2.05, 4.69) is 5.16 Å². The summed E-state index contributed by atoms with van der Waals surface area (Å²) in [5.41, 5.74) is 9.69. The van der Waals surface area contributed by atoms with Crippen LogP contribution in [0, 0.1) is 5.92 Å². The Balaban J connectivity index is 1.59. The average Bonchev–Trinajstić information content (AvgIpc) is 3.23. The van der Waals surface area contributed by atoms with Crippen LogP contribution in [-0.2, 0) is 11.3 Å². The maximum atomic E-state index is 13.8. The molecule has 7 heteroatoms. The van der Waals surface area contributed by atoms with Gasteiger partial charge in [0, 0.05) is 23.2 Å². The van der Waals surface area contributed by atoms with Gasteiger partial charge in [0.05, 0.1) is 23.8 Å². The Morgan fingerprint density at radius 1 is 1.03 bits per heavy atom. The number of aromatic nitrogens is 1. The lowest BCUT2D eigenvalue weighted by molar-refractivity contribution is -0.122. The molecule has 0 radical (unpaired) electrons. The smallest absolute Gasteiger partial charge is 0.258 e. The van der Waals surface area contributed by atoms with E-state index in [9.17, 15) is 9.59 Å². The summed E-state index contributed by atoms with van der Waals surface area (Å²) in [4.78, 5) is 30.9. The Morgan fingerprint density at radius 2 is 1.74 bits per heavy atom. The number of hydrogen-bond acceptors (Lipinski definition) is 5. The van der Waals surface area contributed by atoms with Crippen molar-refractivity contribution in [2.45, 2.75) is 26.3 Å². The van der Waals surface area contributed by atoms with Crippen molar-refractivity contribution in [2.24, 2.45) is 5.92 Å². The molecule has 0 aliphatic carbocycles. The number of rotatable bonds is 5. The number of nitrogens with zero attached hydrogens (tertiary/aromatic N) is 3. The van der Waals surface area contributed by atoms with Crippen molar-refractivity contribution in [1.29, 1.82) is 0 Å². The van der Waals surface area contributed by atoms with E-state index in [0.717, 1.165) is 11.8 Å². The molecular formula is C27H26N4O3.